The fourth-order valence-electron chi connectivity index (χ4n) is 16.6. The third-order valence-corrected chi connectivity index (χ3v) is 250. The molecular formula is C28H68Si9. The van der Waals surface area contributed by atoms with Crippen LogP contribution >= 0.6 is 0 Å². The van der Waals surface area contributed by atoms with Crippen LogP contribution in [0.1, 0.15) is 32.1 Å². The molecule has 37 heavy (non-hydrogen) atoms. The Hall–Kier alpha value is 1.95. The lowest BCUT2D eigenvalue weighted by Crippen LogP contribution is -3.23. The molecule has 0 aromatic rings. The topological polar surface area (TPSA) is 0 Å². The van der Waals surface area contributed by atoms with Gasteiger partial charge in [-0.1, -0.05) is 118 Å². The lowest BCUT2D eigenvalue weighted by molar-refractivity contribution is 0.000363. The maximum Gasteiger partial charge on any atom is 0.0344 e. The highest BCUT2D eigenvalue weighted by atomic mass is 30.5. The minimum atomic E-state index is -1.53. The van der Waals surface area contributed by atoms with Crippen LogP contribution in [0.2, 0.25) is 123 Å². The maximum absolute atomic E-state index is 3.06. The molecule has 0 atom stereocenters. The molecule has 4 saturated carbocycles. The fourth-order valence-corrected chi connectivity index (χ4v) is 551. The minimum Gasteiger partial charge on any atom is -0.0721 e. The van der Waals surface area contributed by atoms with Gasteiger partial charge in [0.15, 0.2) is 0 Å². The van der Waals surface area contributed by atoms with Gasteiger partial charge in [-0.15, -0.1) is 0 Å². The van der Waals surface area contributed by atoms with Crippen LogP contribution in [-0.2, 0) is 0 Å². The Morgan fingerprint density at radius 2 is 0.622 bits per heavy atom. The summed E-state index contributed by atoms with van der Waals surface area (Å²) in [6.45, 7) is 51.9. The second kappa shape index (κ2) is 8.31. The van der Waals surface area contributed by atoms with Crippen LogP contribution in [0.15, 0.2) is 0 Å². The molecule has 0 N–H and O–H groups in total. The average Bonchev–Trinajstić information content (AvgIpc) is 2.52. The quantitative estimate of drug-likeness (QED) is 0.250. The Bertz CT molecular complexity index is 814. The molecule has 0 aromatic heterocycles. The third kappa shape index (κ3) is 3.19. The van der Waals surface area contributed by atoms with Crippen molar-refractivity contribution in [3.8, 4) is 0 Å². The molecule has 0 radical (unpaired) electrons. The van der Waals surface area contributed by atoms with E-state index in [1.807, 2.05) is 0 Å². The van der Waals surface area contributed by atoms with Gasteiger partial charge < -0.3 is 0 Å². The molecule has 4 bridgehead atoms. The van der Waals surface area contributed by atoms with Crippen LogP contribution in [0.4, 0.5) is 0 Å². The molecule has 1 spiro atoms. The minimum absolute atomic E-state index is 0.990. The van der Waals surface area contributed by atoms with Crippen molar-refractivity contribution < 1.29 is 0 Å². The van der Waals surface area contributed by atoms with Crippen molar-refractivity contribution in [2.45, 2.75) is 155 Å². The smallest absolute Gasteiger partial charge is 0.0344 e. The van der Waals surface area contributed by atoms with E-state index < -0.39 is 64.9 Å². The third-order valence-electron chi connectivity index (χ3n) is 13.5. The van der Waals surface area contributed by atoms with Gasteiger partial charge in [0, 0.05) is 64.9 Å². The molecule has 9 heteroatoms. The Labute approximate surface area is 241 Å². The average molecular weight is 658 g/mol. The highest BCUT2D eigenvalue weighted by Crippen LogP contribution is 2.86. The second-order valence-corrected chi connectivity index (χ2v) is 122. The standard InChI is InChI=1S/C28H68Si9/c1-29(2,3)35(30(4,5)6)28(26-20-24-19-25(22-26)23-27(28)21-24)36(31(7,8)9,32(10,11)12)37(35,33(13,14)15)34(16,17)18/h24-27H,19-23H2,1-18H3. The Kier molecular flexibility index (Phi) is 7.16. The van der Waals surface area contributed by atoms with Crippen LogP contribution in [0.25, 0.3) is 0 Å². The van der Waals surface area contributed by atoms with Crippen molar-refractivity contribution in [3.63, 3.8) is 0 Å². The van der Waals surface area contributed by atoms with Gasteiger partial charge in [0.1, 0.15) is 0 Å². The second-order valence-electron chi connectivity index (χ2n) is 20.9. The summed E-state index contributed by atoms with van der Waals surface area (Å²) in [4.78, 5) is 0. The summed E-state index contributed by atoms with van der Waals surface area (Å²) in [5, 5.41) is 0. The first-order valence-corrected chi connectivity index (χ1v) is 51.2. The summed E-state index contributed by atoms with van der Waals surface area (Å²) in [7, 11) is -8.27. The van der Waals surface area contributed by atoms with Crippen molar-refractivity contribution in [2.24, 2.45) is 23.7 Å². The molecule has 0 amide bonds. The number of rotatable bonds is 6. The van der Waals surface area contributed by atoms with Crippen LogP contribution in [0.5, 0.6) is 0 Å². The van der Waals surface area contributed by atoms with E-state index in [0.717, 1.165) is 16.5 Å². The normalized spacial score (nSPS) is 34.5. The van der Waals surface area contributed by atoms with Crippen LogP contribution in [-0.4, -0.2) is 64.9 Å². The molecule has 216 valence electrons. The first kappa shape index (κ1) is 31.9. The highest BCUT2D eigenvalue weighted by Gasteiger charge is 3.02. The molecule has 0 unspecified atom stereocenters. The highest BCUT2D eigenvalue weighted by molar-refractivity contribution is 8.35. The first-order valence-electron chi connectivity index (χ1n) is 16.2. The van der Waals surface area contributed by atoms with E-state index in [9.17, 15) is 0 Å². The van der Waals surface area contributed by atoms with E-state index in [1.54, 1.807) is 32.1 Å². The van der Waals surface area contributed by atoms with Gasteiger partial charge >= 0.3 is 0 Å². The molecule has 5 rings (SSSR count). The van der Waals surface area contributed by atoms with Gasteiger partial charge in [-0.2, -0.15) is 0 Å². The summed E-state index contributed by atoms with van der Waals surface area (Å²) in [6.07, 6.45) is 7.00. The number of hydrogen-bond donors (Lipinski definition) is 0. The zero-order chi connectivity index (χ0) is 28.8. The van der Waals surface area contributed by atoms with Gasteiger partial charge in [-0.05, 0) is 60.4 Å². The maximum atomic E-state index is 3.06. The molecule has 1 aliphatic heterocycles. The molecule has 0 aromatic carbocycles. The summed E-state index contributed by atoms with van der Waals surface area (Å²) in [5.41, 5.74) is 0. The summed E-state index contributed by atoms with van der Waals surface area (Å²) < 4.78 is 0.990. The van der Waals surface area contributed by atoms with Gasteiger partial charge in [-0.3, -0.25) is 0 Å². The van der Waals surface area contributed by atoms with Crippen LogP contribution in [0, 0.1) is 23.7 Å². The van der Waals surface area contributed by atoms with Crippen molar-refractivity contribution in [3.05, 3.63) is 0 Å². The molecule has 5 aliphatic rings. The van der Waals surface area contributed by atoms with E-state index in [2.05, 4.69) is 118 Å². The SMILES string of the molecule is C[Si](C)(C)[Si]1([Si](C)(C)C)C2(C3CC4CC(C3)CC2C4)[Si]([Si](C)(C)C)([Si](C)(C)C)[Si]1([Si](C)(C)C)[Si](C)(C)C. The molecule has 0 nitrogen and oxygen atoms in total. The van der Waals surface area contributed by atoms with Gasteiger partial charge in [-0.25, -0.2) is 0 Å². The first-order chi connectivity index (χ1) is 16.2. The van der Waals surface area contributed by atoms with E-state index in [4.69, 9.17) is 0 Å². The van der Waals surface area contributed by atoms with Gasteiger partial charge in [0.25, 0.3) is 0 Å². The summed E-state index contributed by atoms with van der Waals surface area (Å²) >= 11 is 0. The van der Waals surface area contributed by atoms with E-state index in [0.29, 0.717) is 0 Å². The lowest BCUT2D eigenvalue weighted by Gasteiger charge is -2.99. The van der Waals surface area contributed by atoms with Crippen LogP contribution < -0.4 is 0 Å². The van der Waals surface area contributed by atoms with Crippen molar-refractivity contribution in [1.29, 1.82) is 0 Å². The molecular weight excluding hydrogens is 589 g/mol. The van der Waals surface area contributed by atoms with Gasteiger partial charge in [0.05, 0.1) is 0 Å². The summed E-state index contributed by atoms with van der Waals surface area (Å²) in [6, 6.07) is 0. The predicted octanol–water partition coefficient (Wildman–Crippen LogP) is 9.74. The molecule has 1 saturated heterocycles. The molecule has 4 aliphatic carbocycles. The van der Waals surface area contributed by atoms with E-state index in [-0.39, 0.29) is 0 Å². The van der Waals surface area contributed by atoms with E-state index in [1.165, 1.54) is 11.8 Å². The zero-order valence-electron chi connectivity index (χ0n) is 28.8. The van der Waals surface area contributed by atoms with Gasteiger partial charge in [0.2, 0.25) is 0 Å². The van der Waals surface area contributed by atoms with Crippen molar-refractivity contribution in [1.82, 2.24) is 0 Å². The Balaban J connectivity index is 2.40. The van der Waals surface area contributed by atoms with Crippen molar-refractivity contribution >= 4 is 64.9 Å². The van der Waals surface area contributed by atoms with Crippen LogP contribution in [0.3, 0.4) is 0 Å². The fraction of sp³-hybridized carbons (Fsp3) is 1.00. The summed E-state index contributed by atoms with van der Waals surface area (Å²) in [5.74, 6) is 4.67. The Morgan fingerprint density at radius 3 is 0.811 bits per heavy atom. The number of hydrogen-bond acceptors (Lipinski definition) is 0. The predicted molar refractivity (Wildman–Crippen MR) is 197 cm³/mol. The zero-order valence-corrected chi connectivity index (χ0v) is 37.8. The lowest BCUT2D eigenvalue weighted by atomic mass is 9.55. The molecule has 5 fully saturated rings. The van der Waals surface area contributed by atoms with Crippen molar-refractivity contribution in [2.75, 3.05) is 0 Å². The largest absolute Gasteiger partial charge is 0.0721 e. The Morgan fingerprint density at radius 1 is 0.378 bits per heavy atom. The monoisotopic (exact) mass is 656 g/mol. The molecule has 1 heterocycles. The van der Waals surface area contributed by atoms with E-state index >= 15 is 0 Å².